The van der Waals surface area contributed by atoms with Crippen molar-refractivity contribution in [2.45, 2.75) is 65.0 Å². The molecule has 2 aliphatic rings. The van der Waals surface area contributed by atoms with E-state index in [0.717, 1.165) is 38.8 Å². The Morgan fingerprint density at radius 2 is 1.81 bits per heavy atom. The van der Waals surface area contributed by atoms with Gasteiger partial charge in [0.2, 0.25) is 0 Å². The number of amides is 2. The summed E-state index contributed by atoms with van der Waals surface area (Å²) in [6.45, 7) is 7.82. The second-order valence-electron chi connectivity index (χ2n) is 6.94. The van der Waals surface area contributed by atoms with Crippen molar-refractivity contribution in [3.63, 3.8) is 0 Å². The molecule has 2 bridgehead atoms. The standard InChI is InChI=1S/C16H28N2O3/c1-4-17(10-11(2)3)16(21)18-13-5-6-14(18)8-12(7-13)9-15(19)20/h11-14H,4-10H2,1-3H3,(H,19,20). The highest BCUT2D eigenvalue weighted by atomic mass is 16.4. The summed E-state index contributed by atoms with van der Waals surface area (Å²) in [6, 6.07) is 0.663. The molecule has 0 saturated carbocycles. The average molecular weight is 296 g/mol. The second-order valence-corrected chi connectivity index (χ2v) is 6.94. The summed E-state index contributed by atoms with van der Waals surface area (Å²) in [7, 11) is 0. The zero-order valence-corrected chi connectivity index (χ0v) is 13.4. The van der Waals surface area contributed by atoms with Crippen molar-refractivity contribution >= 4 is 12.0 Å². The van der Waals surface area contributed by atoms with Crippen LogP contribution in [0.4, 0.5) is 4.79 Å². The number of rotatable bonds is 5. The molecule has 0 aromatic carbocycles. The Labute approximate surface area is 127 Å². The molecule has 2 unspecified atom stereocenters. The Hall–Kier alpha value is -1.26. The molecule has 5 nitrogen and oxygen atoms in total. The minimum atomic E-state index is -0.714. The molecular formula is C16H28N2O3. The smallest absolute Gasteiger partial charge is 0.320 e. The van der Waals surface area contributed by atoms with Gasteiger partial charge in [0.15, 0.2) is 0 Å². The number of urea groups is 1. The van der Waals surface area contributed by atoms with Crippen LogP contribution in [0.2, 0.25) is 0 Å². The lowest BCUT2D eigenvalue weighted by molar-refractivity contribution is -0.138. The molecule has 5 heteroatoms. The van der Waals surface area contributed by atoms with Crippen LogP contribution in [0.15, 0.2) is 0 Å². The molecule has 0 aliphatic carbocycles. The lowest BCUT2D eigenvalue weighted by Crippen LogP contribution is -2.53. The maximum atomic E-state index is 12.8. The topological polar surface area (TPSA) is 60.9 Å². The molecule has 0 spiro atoms. The van der Waals surface area contributed by atoms with Crippen molar-refractivity contribution in [2.75, 3.05) is 13.1 Å². The van der Waals surface area contributed by atoms with Gasteiger partial charge < -0.3 is 14.9 Å². The maximum Gasteiger partial charge on any atom is 0.320 e. The Morgan fingerprint density at radius 3 is 2.24 bits per heavy atom. The summed E-state index contributed by atoms with van der Waals surface area (Å²) in [6.07, 6.45) is 4.03. The minimum Gasteiger partial charge on any atom is -0.481 e. The van der Waals surface area contributed by atoms with Crippen molar-refractivity contribution < 1.29 is 14.7 Å². The van der Waals surface area contributed by atoms with Gasteiger partial charge in [-0.05, 0) is 44.4 Å². The third-order valence-electron chi connectivity index (χ3n) is 4.75. The van der Waals surface area contributed by atoms with Gasteiger partial charge in [-0.2, -0.15) is 0 Å². The first-order valence-corrected chi connectivity index (χ1v) is 8.21. The zero-order valence-electron chi connectivity index (χ0n) is 13.4. The van der Waals surface area contributed by atoms with Crippen LogP contribution in [0.5, 0.6) is 0 Å². The highest BCUT2D eigenvalue weighted by Gasteiger charge is 2.44. The van der Waals surface area contributed by atoms with Crippen LogP contribution in [-0.2, 0) is 4.79 Å². The largest absolute Gasteiger partial charge is 0.481 e. The molecule has 2 rings (SSSR count). The molecule has 2 atom stereocenters. The van der Waals surface area contributed by atoms with Gasteiger partial charge in [-0.15, -0.1) is 0 Å². The van der Waals surface area contributed by atoms with Crippen molar-refractivity contribution in [3.05, 3.63) is 0 Å². The number of piperidine rings is 1. The van der Waals surface area contributed by atoms with Gasteiger partial charge in [-0.25, -0.2) is 4.79 Å². The molecule has 0 aromatic rings. The number of hydrogen-bond donors (Lipinski definition) is 1. The van der Waals surface area contributed by atoms with Gasteiger partial charge in [-0.3, -0.25) is 4.79 Å². The summed E-state index contributed by atoms with van der Waals surface area (Å²) < 4.78 is 0. The molecule has 0 aromatic heterocycles. The lowest BCUT2D eigenvalue weighted by Gasteiger charge is -2.41. The predicted octanol–water partition coefficient (Wildman–Crippen LogP) is 2.80. The van der Waals surface area contributed by atoms with Crippen LogP contribution in [0.25, 0.3) is 0 Å². The average Bonchev–Trinajstić information content (AvgIpc) is 2.66. The Balaban J connectivity index is 2.02. The lowest BCUT2D eigenvalue weighted by atomic mass is 9.88. The molecule has 2 aliphatic heterocycles. The highest BCUT2D eigenvalue weighted by molar-refractivity contribution is 5.76. The van der Waals surface area contributed by atoms with E-state index in [-0.39, 0.29) is 30.5 Å². The van der Waals surface area contributed by atoms with Crippen LogP contribution >= 0.6 is 0 Å². The van der Waals surface area contributed by atoms with Crippen molar-refractivity contribution in [1.29, 1.82) is 0 Å². The summed E-state index contributed by atoms with van der Waals surface area (Å²) in [5, 5.41) is 8.97. The number of carboxylic acid groups (broad SMARTS) is 1. The Morgan fingerprint density at radius 1 is 1.24 bits per heavy atom. The van der Waals surface area contributed by atoms with Crippen LogP contribution < -0.4 is 0 Å². The summed E-state index contributed by atoms with van der Waals surface area (Å²) in [4.78, 5) is 27.7. The number of nitrogens with zero attached hydrogens (tertiary/aromatic N) is 2. The zero-order chi connectivity index (χ0) is 15.6. The Kier molecular flexibility index (Phi) is 5.12. The normalized spacial score (nSPS) is 28.0. The fourth-order valence-electron chi connectivity index (χ4n) is 3.96. The van der Waals surface area contributed by atoms with E-state index in [9.17, 15) is 9.59 Å². The van der Waals surface area contributed by atoms with E-state index in [1.807, 2.05) is 11.8 Å². The van der Waals surface area contributed by atoms with Crippen LogP contribution in [0.1, 0.15) is 52.9 Å². The number of aliphatic carboxylic acids is 1. The molecule has 2 amide bonds. The number of carbonyl (C=O) groups excluding carboxylic acids is 1. The van der Waals surface area contributed by atoms with E-state index in [2.05, 4.69) is 18.7 Å². The monoisotopic (exact) mass is 296 g/mol. The number of carboxylic acids is 1. The number of carbonyl (C=O) groups is 2. The molecule has 0 radical (unpaired) electrons. The summed E-state index contributed by atoms with van der Waals surface area (Å²) >= 11 is 0. The highest BCUT2D eigenvalue weighted by Crippen LogP contribution is 2.40. The molecule has 21 heavy (non-hydrogen) atoms. The van der Waals surface area contributed by atoms with E-state index in [1.165, 1.54) is 0 Å². The minimum absolute atomic E-state index is 0.160. The maximum absolute atomic E-state index is 12.8. The van der Waals surface area contributed by atoms with Crippen LogP contribution in [-0.4, -0.2) is 52.1 Å². The SMILES string of the molecule is CCN(CC(C)C)C(=O)N1C2CCC1CC(CC(=O)O)C2. The fourth-order valence-corrected chi connectivity index (χ4v) is 3.96. The quantitative estimate of drug-likeness (QED) is 0.848. The first-order chi connectivity index (χ1) is 9.92. The van der Waals surface area contributed by atoms with E-state index < -0.39 is 5.97 Å². The van der Waals surface area contributed by atoms with Crippen molar-refractivity contribution in [1.82, 2.24) is 9.80 Å². The summed E-state index contributed by atoms with van der Waals surface area (Å²) in [5.74, 6) is -0.00510. The number of hydrogen-bond acceptors (Lipinski definition) is 2. The van der Waals surface area contributed by atoms with Crippen molar-refractivity contribution in [2.24, 2.45) is 11.8 Å². The molecule has 2 heterocycles. The molecular weight excluding hydrogens is 268 g/mol. The number of fused-ring (bicyclic) bond motifs is 2. The van der Waals surface area contributed by atoms with Gasteiger partial charge in [0.25, 0.3) is 0 Å². The van der Waals surface area contributed by atoms with E-state index in [1.54, 1.807) is 0 Å². The van der Waals surface area contributed by atoms with Crippen LogP contribution in [0, 0.1) is 11.8 Å². The van der Waals surface area contributed by atoms with Gasteiger partial charge in [-0.1, -0.05) is 13.8 Å². The summed E-state index contributed by atoms with van der Waals surface area (Å²) in [5.41, 5.74) is 0. The third-order valence-corrected chi connectivity index (χ3v) is 4.75. The van der Waals surface area contributed by atoms with E-state index in [0.29, 0.717) is 5.92 Å². The first-order valence-electron chi connectivity index (χ1n) is 8.21. The van der Waals surface area contributed by atoms with Gasteiger partial charge >= 0.3 is 12.0 Å². The predicted molar refractivity (Wildman–Crippen MR) is 81.1 cm³/mol. The fraction of sp³-hybridized carbons (Fsp3) is 0.875. The molecule has 120 valence electrons. The Bertz CT molecular complexity index is 383. The van der Waals surface area contributed by atoms with Gasteiger partial charge in [0, 0.05) is 31.6 Å². The van der Waals surface area contributed by atoms with E-state index in [4.69, 9.17) is 5.11 Å². The first kappa shape index (κ1) is 16.1. The molecule has 1 N–H and O–H groups in total. The van der Waals surface area contributed by atoms with Crippen LogP contribution in [0.3, 0.4) is 0 Å². The second kappa shape index (κ2) is 6.67. The van der Waals surface area contributed by atoms with Crippen molar-refractivity contribution in [3.8, 4) is 0 Å². The third kappa shape index (κ3) is 3.69. The van der Waals surface area contributed by atoms with Gasteiger partial charge in [0.1, 0.15) is 0 Å². The van der Waals surface area contributed by atoms with E-state index >= 15 is 0 Å². The molecule has 2 saturated heterocycles. The van der Waals surface area contributed by atoms with Gasteiger partial charge in [0.05, 0.1) is 0 Å². The molecule has 2 fully saturated rings.